The summed E-state index contributed by atoms with van der Waals surface area (Å²) < 4.78 is 5.84. The number of rotatable bonds is 6. The Hall–Kier alpha value is -4.13. The van der Waals surface area contributed by atoms with Crippen molar-refractivity contribution in [2.75, 3.05) is 29.5 Å². The van der Waals surface area contributed by atoms with Gasteiger partial charge in [0.25, 0.3) is 11.7 Å². The fourth-order valence-corrected chi connectivity index (χ4v) is 5.59. The second-order valence-corrected chi connectivity index (χ2v) is 11.4. The minimum Gasteiger partial charge on any atom is -0.507 e. The molecule has 1 unspecified atom stereocenters. The number of aliphatic hydroxyl groups is 1. The summed E-state index contributed by atoms with van der Waals surface area (Å²) in [4.78, 5) is 35.4. The van der Waals surface area contributed by atoms with Gasteiger partial charge in [0, 0.05) is 41.8 Å². The summed E-state index contributed by atoms with van der Waals surface area (Å²) in [6.07, 6.45) is 5.20. The molecule has 1 aromatic heterocycles. The molecule has 208 valence electrons. The summed E-state index contributed by atoms with van der Waals surface area (Å²) in [5, 5.41) is 11.6. The van der Waals surface area contributed by atoms with Crippen molar-refractivity contribution >= 4 is 28.8 Å². The monoisotopic (exact) mass is 539 g/mol. The largest absolute Gasteiger partial charge is 0.507 e. The Morgan fingerprint density at radius 1 is 0.975 bits per heavy atom. The molecule has 2 aliphatic rings. The van der Waals surface area contributed by atoms with Crippen LogP contribution in [0.2, 0.25) is 0 Å². The van der Waals surface area contributed by atoms with Crippen molar-refractivity contribution in [2.45, 2.75) is 58.4 Å². The number of ether oxygens (including phenoxy) is 1. The van der Waals surface area contributed by atoms with E-state index < -0.39 is 17.7 Å². The van der Waals surface area contributed by atoms with Crippen molar-refractivity contribution < 1.29 is 19.4 Å². The Bertz CT molecular complexity index is 1420. The molecule has 2 aromatic carbocycles. The Balaban J connectivity index is 1.61. The SMILES string of the molecule is CCOc1ccc(/C(O)=C2/C(=O)C(=O)N(c3ccc(N4CCCCC4)cc3)C2c2ccccn2)cc1C(C)(C)C. The highest BCUT2D eigenvalue weighted by atomic mass is 16.5. The highest BCUT2D eigenvalue weighted by Crippen LogP contribution is 2.43. The van der Waals surface area contributed by atoms with E-state index >= 15 is 0 Å². The molecule has 40 heavy (non-hydrogen) atoms. The van der Waals surface area contributed by atoms with Gasteiger partial charge in [-0.3, -0.25) is 19.5 Å². The number of nitrogens with zero attached hydrogens (tertiary/aromatic N) is 3. The summed E-state index contributed by atoms with van der Waals surface area (Å²) in [6.45, 7) is 10.6. The van der Waals surface area contributed by atoms with Gasteiger partial charge in [-0.15, -0.1) is 0 Å². The molecule has 3 heterocycles. The Morgan fingerprint density at radius 2 is 1.68 bits per heavy atom. The zero-order valence-electron chi connectivity index (χ0n) is 23.7. The average Bonchev–Trinajstić information content (AvgIpc) is 3.23. The third-order valence-electron chi connectivity index (χ3n) is 7.62. The summed E-state index contributed by atoms with van der Waals surface area (Å²) >= 11 is 0. The first-order valence-electron chi connectivity index (χ1n) is 14.1. The fourth-order valence-electron chi connectivity index (χ4n) is 5.59. The van der Waals surface area contributed by atoms with Crippen LogP contribution in [0.4, 0.5) is 11.4 Å². The first kappa shape index (κ1) is 27.4. The van der Waals surface area contributed by atoms with E-state index in [1.54, 1.807) is 24.4 Å². The number of ketones is 1. The second kappa shape index (κ2) is 11.2. The lowest BCUT2D eigenvalue weighted by molar-refractivity contribution is -0.132. The predicted molar refractivity (Wildman–Crippen MR) is 158 cm³/mol. The van der Waals surface area contributed by atoms with E-state index in [1.165, 1.54) is 24.2 Å². The number of Topliss-reactive ketones (excluding diaryl/α,β-unsaturated/α-hetero) is 1. The van der Waals surface area contributed by atoms with Crippen molar-refractivity contribution in [1.82, 2.24) is 4.98 Å². The maximum absolute atomic E-state index is 13.6. The van der Waals surface area contributed by atoms with Gasteiger partial charge < -0.3 is 14.7 Å². The summed E-state index contributed by atoms with van der Waals surface area (Å²) in [5.74, 6) is -0.929. The maximum atomic E-state index is 13.6. The van der Waals surface area contributed by atoms with Crippen molar-refractivity contribution in [2.24, 2.45) is 0 Å². The lowest BCUT2D eigenvalue weighted by Crippen LogP contribution is -2.31. The molecule has 0 spiro atoms. The number of carbonyl (C=O) groups is 2. The van der Waals surface area contributed by atoms with Crippen LogP contribution in [0.5, 0.6) is 5.75 Å². The van der Waals surface area contributed by atoms with Gasteiger partial charge in [0.15, 0.2) is 0 Å². The number of benzene rings is 2. The van der Waals surface area contributed by atoms with Gasteiger partial charge in [0.1, 0.15) is 17.6 Å². The van der Waals surface area contributed by atoms with Gasteiger partial charge in [-0.25, -0.2) is 0 Å². The number of anilines is 2. The Kier molecular flexibility index (Phi) is 7.66. The third-order valence-corrected chi connectivity index (χ3v) is 7.62. The molecule has 2 saturated heterocycles. The fraction of sp³-hybridized carbons (Fsp3) is 0.364. The molecule has 1 amide bonds. The van der Waals surface area contributed by atoms with E-state index in [4.69, 9.17) is 4.74 Å². The number of hydrogen-bond acceptors (Lipinski definition) is 6. The van der Waals surface area contributed by atoms with Crippen LogP contribution in [0.3, 0.4) is 0 Å². The van der Waals surface area contributed by atoms with Crippen molar-refractivity contribution in [3.05, 3.63) is 89.3 Å². The van der Waals surface area contributed by atoms with E-state index in [2.05, 4.69) is 30.7 Å². The highest BCUT2D eigenvalue weighted by Gasteiger charge is 2.47. The molecular formula is C33H37N3O4. The molecule has 1 atom stereocenters. The molecule has 7 heteroatoms. The number of carbonyl (C=O) groups excluding carboxylic acids is 2. The molecule has 0 bridgehead atoms. The maximum Gasteiger partial charge on any atom is 0.300 e. The molecular weight excluding hydrogens is 502 g/mol. The lowest BCUT2D eigenvalue weighted by Gasteiger charge is -2.30. The predicted octanol–water partition coefficient (Wildman–Crippen LogP) is 6.39. The second-order valence-electron chi connectivity index (χ2n) is 11.4. The Morgan fingerprint density at radius 3 is 2.30 bits per heavy atom. The van der Waals surface area contributed by atoms with Crippen LogP contribution in [0, 0.1) is 0 Å². The van der Waals surface area contributed by atoms with Crippen LogP contribution in [-0.2, 0) is 15.0 Å². The van der Waals surface area contributed by atoms with Crippen molar-refractivity contribution in [1.29, 1.82) is 0 Å². The number of pyridine rings is 1. The van der Waals surface area contributed by atoms with E-state index in [0.717, 1.165) is 30.1 Å². The standard InChI is InChI=1S/C33H37N3O4/c1-5-40-27-17-12-22(21-25(27)33(2,3)4)30(37)28-29(26-11-7-8-18-34-26)36(32(39)31(28)38)24-15-13-23(14-16-24)35-19-9-6-10-20-35/h7-8,11-18,21,29,37H,5-6,9-10,19-20H2,1-4H3/b30-28-. The number of hydrogen-bond donors (Lipinski definition) is 1. The summed E-state index contributed by atoms with van der Waals surface area (Å²) in [7, 11) is 0. The van der Waals surface area contributed by atoms with E-state index in [0.29, 0.717) is 23.6 Å². The number of piperidine rings is 1. The molecule has 7 nitrogen and oxygen atoms in total. The van der Waals surface area contributed by atoms with E-state index in [-0.39, 0.29) is 16.7 Å². The first-order chi connectivity index (χ1) is 19.2. The van der Waals surface area contributed by atoms with Crippen molar-refractivity contribution in [3.8, 4) is 5.75 Å². The molecule has 5 rings (SSSR count). The van der Waals surface area contributed by atoms with Crippen LogP contribution >= 0.6 is 0 Å². The molecule has 2 fully saturated rings. The number of amides is 1. The molecule has 2 aliphatic heterocycles. The average molecular weight is 540 g/mol. The summed E-state index contributed by atoms with van der Waals surface area (Å²) in [5.41, 5.74) is 3.28. The highest BCUT2D eigenvalue weighted by molar-refractivity contribution is 6.51. The van der Waals surface area contributed by atoms with Crippen LogP contribution in [0.25, 0.3) is 5.76 Å². The zero-order chi connectivity index (χ0) is 28.4. The van der Waals surface area contributed by atoms with Gasteiger partial charge in [-0.1, -0.05) is 26.8 Å². The minimum atomic E-state index is -0.869. The summed E-state index contributed by atoms with van der Waals surface area (Å²) in [6, 6.07) is 17.6. The van der Waals surface area contributed by atoms with Crippen LogP contribution in [-0.4, -0.2) is 41.5 Å². The smallest absolute Gasteiger partial charge is 0.300 e. The quantitative estimate of drug-likeness (QED) is 0.222. The van der Waals surface area contributed by atoms with Crippen LogP contribution in [0.15, 0.2) is 72.4 Å². The topological polar surface area (TPSA) is 83.0 Å². The number of aliphatic hydroxyl groups excluding tert-OH is 1. The van der Waals surface area contributed by atoms with Crippen LogP contribution < -0.4 is 14.5 Å². The van der Waals surface area contributed by atoms with Gasteiger partial charge >= 0.3 is 0 Å². The number of aromatic nitrogens is 1. The molecule has 0 aliphatic carbocycles. The molecule has 1 N–H and O–H groups in total. The van der Waals surface area contributed by atoms with Crippen molar-refractivity contribution in [3.63, 3.8) is 0 Å². The van der Waals surface area contributed by atoms with Gasteiger partial charge in [0.2, 0.25) is 0 Å². The minimum absolute atomic E-state index is 0.0211. The van der Waals surface area contributed by atoms with Gasteiger partial charge in [-0.2, -0.15) is 0 Å². The lowest BCUT2D eigenvalue weighted by atomic mass is 9.84. The molecule has 0 saturated carbocycles. The zero-order valence-corrected chi connectivity index (χ0v) is 23.7. The third kappa shape index (κ3) is 5.20. The molecule has 3 aromatic rings. The van der Waals surface area contributed by atoms with Gasteiger partial charge in [-0.05, 0) is 86.2 Å². The Labute approximate surface area is 236 Å². The van der Waals surface area contributed by atoms with Crippen LogP contribution in [0.1, 0.15) is 69.8 Å². The first-order valence-corrected chi connectivity index (χ1v) is 14.1. The van der Waals surface area contributed by atoms with E-state index in [1.807, 2.05) is 49.4 Å². The van der Waals surface area contributed by atoms with Gasteiger partial charge in [0.05, 0.1) is 17.9 Å². The van der Waals surface area contributed by atoms with E-state index in [9.17, 15) is 14.7 Å². The normalized spacial score (nSPS) is 19.2. The molecule has 0 radical (unpaired) electrons.